The summed E-state index contributed by atoms with van der Waals surface area (Å²) >= 11 is 6.61. The lowest BCUT2D eigenvalue weighted by atomic mass is 9.97. The second kappa shape index (κ2) is 8.69. The summed E-state index contributed by atoms with van der Waals surface area (Å²) in [4.78, 5) is 19.0. The fraction of sp³-hybridized carbons (Fsp3) is 0.0714. The molecule has 0 amide bonds. The van der Waals surface area contributed by atoms with Crippen molar-refractivity contribution >= 4 is 28.6 Å². The number of aromatic amines is 1. The summed E-state index contributed by atoms with van der Waals surface area (Å²) in [6.07, 6.45) is 0. The highest BCUT2D eigenvalue weighted by Gasteiger charge is 2.13. The third kappa shape index (κ3) is 4.14. The number of aryl methyl sites for hydroxylation is 2. The van der Waals surface area contributed by atoms with Gasteiger partial charge < -0.3 is 14.8 Å². The van der Waals surface area contributed by atoms with E-state index in [0.717, 1.165) is 22.2 Å². The molecule has 0 fully saturated rings. The predicted octanol–water partition coefficient (Wildman–Crippen LogP) is 7.66. The van der Waals surface area contributed by atoms with Crippen LogP contribution in [0.5, 0.6) is 11.8 Å². The smallest absolute Gasteiger partial charge is 0.336 e. The Bertz CT molecular complexity index is 1540. The molecule has 0 radical (unpaired) electrons. The molecule has 0 aliphatic rings. The Morgan fingerprint density at radius 2 is 1.59 bits per heavy atom. The molecule has 5 aromatic rings. The normalized spacial score (nSPS) is 11.0. The molecule has 0 saturated carbocycles. The Kier molecular flexibility index (Phi) is 5.56. The van der Waals surface area contributed by atoms with Crippen LogP contribution < -0.4 is 4.74 Å². The number of carbonyl (C=O) groups is 1. The summed E-state index contributed by atoms with van der Waals surface area (Å²) in [7, 11) is 0. The number of H-pyrrole nitrogens is 1. The van der Waals surface area contributed by atoms with Gasteiger partial charge in [0.25, 0.3) is 6.01 Å². The molecule has 0 unspecified atom stereocenters. The fourth-order valence-electron chi connectivity index (χ4n) is 4.01. The van der Waals surface area contributed by atoms with Crippen molar-refractivity contribution in [3.63, 3.8) is 0 Å². The van der Waals surface area contributed by atoms with Crippen LogP contribution in [0.1, 0.15) is 21.5 Å². The molecule has 0 aliphatic heterocycles. The fourth-order valence-corrected chi connectivity index (χ4v) is 4.28. The maximum atomic E-state index is 11.4. The molecule has 6 heteroatoms. The van der Waals surface area contributed by atoms with E-state index in [1.54, 1.807) is 19.1 Å². The first kappa shape index (κ1) is 21.7. The molecule has 0 spiro atoms. The minimum absolute atomic E-state index is 0.188. The molecule has 5 rings (SSSR count). The van der Waals surface area contributed by atoms with Crippen LogP contribution in [0.15, 0.2) is 78.9 Å². The summed E-state index contributed by atoms with van der Waals surface area (Å²) in [6.45, 7) is 3.84. The van der Waals surface area contributed by atoms with Crippen LogP contribution in [-0.2, 0) is 0 Å². The number of nitrogens with zero attached hydrogens (tertiary/aromatic N) is 1. The van der Waals surface area contributed by atoms with Gasteiger partial charge in [0.1, 0.15) is 5.75 Å². The minimum Gasteiger partial charge on any atom is -0.478 e. The monoisotopic (exact) mass is 468 g/mol. The van der Waals surface area contributed by atoms with Crippen molar-refractivity contribution in [1.82, 2.24) is 9.97 Å². The van der Waals surface area contributed by atoms with Gasteiger partial charge >= 0.3 is 5.97 Å². The van der Waals surface area contributed by atoms with Gasteiger partial charge in [-0.1, -0.05) is 66.2 Å². The molecule has 0 aliphatic carbocycles. The third-order valence-electron chi connectivity index (χ3n) is 5.85. The number of fused-ring (bicyclic) bond motifs is 1. The Morgan fingerprint density at radius 1 is 0.882 bits per heavy atom. The molecule has 2 N–H and O–H groups in total. The summed E-state index contributed by atoms with van der Waals surface area (Å²) in [5, 5.41) is 9.93. The van der Waals surface area contributed by atoms with Crippen molar-refractivity contribution < 1.29 is 14.6 Å². The van der Waals surface area contributed by atoms with Gasteiger partial charge in [0.2, 0.25) is 0 Å². The lowest BCUT2D eigenvalue weighted by molar-refractivity contribution is 0.0695. The average molecular weight is 469 g/mol. The zero-order valence-corrected chi connectivity index (χ0v) is 19.4. The highest BCUT2D eigenvalue weighted by Crippen LogP contribution is 2.34. The van der Waals surface area contributed by atoms with Crippen LogP contribution in [0, 0.1) is 13.8 Å². The van der Waals surface area contributed by atoms with Gasteiger partial charge in [0, 0.05) is 5.56 Å². The van der Waals surface area contributed by atoms with Crippen molar-refractivity contribution in [3.8, 4) is 34.0 Å². The second-order valence-electron chi connectivity index (χ2n) is 8.17. The van der Waals surface area contributed by atoms with Gasteiger partial charge in [-0.3, -0.25) is 0 Å². The van der Waals surface area contributed by atoms with Crippen LogP contribution in [0.3, 0.4) is 0 Å². The number of nitrogens with one attached hydrogen (secondary N) is 1. The number of imidazole rings is 1. The maximum absolute atomic E-state index is 11.4. The number of hydrogen-bond donors (Lipinski definition) is 2. The SMILES string of the molecule is Cc1ccc(Oc2nc3cc(-c4ccc(-c5ccccc5C)cc4)c(Cl)cc3[nH]2)cc1C(=O)O. The lowest BCUT2D eigenvalue weighted by Crippen LogP contribution is -2.00. The molecular weight excluding hydrogens is 448 g/mol. The van der Waals surface area contributed by atoms with Gasteiger partial charge in [0.15, 0.2) is 0 Å². The lowest BCUT2D eigenvalue weighted by Gasteiger charge is -2.08. The van der Waals surface area contributed by atoms with Crippen LogP contribution >= 0.6 is 11.6 Å². The Hall–Kier alpha value is -4.09. The number of aromatic nitrogens is 2. The number of aromatic carboxylic acids is 1. The Morgan fingerprint density at radius 3 is 2.29 bits per heavy atom. The van der Waals surface area contributed by atoms with Crippen LogP contribution in [0.2, 0.25) is 5.02 Å². The molecule has 34 heavy (non-hydrogen) atoms. The molecule has 0 saturated heterocycles. The van der Waals surface area contributed by atoms with E-state index in [9.17, 15) is 9.90 Å². The Balaban J connectivity index is 1.45. The number of hydrogen-bond acceptors (Lipinski definition) is 3. The molecule has 5 nitrogen and oxygen atoms in total. The first-order valence-electron chi connectivity index (χ1n) is 10.8. The number of carboxylic acid groups (broad SMARTS) is 1. The van der Waals surface area contributed by atoms with Gasteiger partial charge in [0.05, 0.1) is 21.6 Å². The molecule has 1 heterocycles. The van der Waals surface area contributed by atoms with E-state index in [1.807, 2.05) is 24.3 Å². The van der Waals surface area contributed by atoms with E-state index in [1.165, 1.54) is 17.2 Å². The second-order valence-corrected chi connectivity index (χ2v) is 8.57. The zero-order chi connectivity index (χ0) is 23.8. The van der Waals surface area contributed by atoms with E-state index < -0.39 is 5.97 Å². The first-order valence-corrected chi connectivity index (χ1v) is 11.1. The molecule has 4 aromatic carbocycles. The topological polar surface area (TPSA) is 75.2 Å². The van der Waals surface area contributed by atoms with Crippen LogP contribution in [0.4, 0.5) is 0 Å². The van der Waals surface area contributed by atoms with Gasteiger partial charge in [-0.05, 0) is 65.9 Å². The summed E-state index contributed by atoms with van der Waals surface area (Å²) in [5.41, 5.74) is 7.70. The first-order chi connectivity index (χ1) is 16.4. The number of rotatable bonds is 5. The van der Waals surface area contributed by atoms with E-state index in [0.29, 0.717) is 21.9 Å². The maximum Gasteiger partial charge on any atom is 0.336 e. The van der Waals surface area contributed by atoms with Crippen molar-refractivity contribution in [2.24, 2.45) is 0 Å². The van der Waals surface area contributed by atoms with Crippen molar-refractivity contribution in [1.29, 1.82) is 0 Å². The number of carboxylic acids is 1. The molecule has 0 atom stereocenters. The minimum atomic E-state index is -1.00. The molecule has 1 aromatic heterocycles. The number of halogens is 1. The molecular formula is C28H21ClN2O3. The zero-order valence-electron chi connectivity index (χ0n) is 18.6. The van der Waals surface area contributed by atoms with Gasteiger partial charge in [-0.15, -0.1) is 0 Å². The van der Waals surface area contributed by atoms with Gasteiger partial charge in [-0.2, -0.15) is 4.98 Å². The largest absolute Gasteiger partial charge is 0.478 e. The summed E-state index contributed by atoms with van der Waals surface area (Å²) < 4.78 is 5.80. The van der Waals surface area contributed by atoms with Crippen LogP contribution in [-0.4, -0.2) is 21.0 Å². The highest BCUT2D eigenvalue weighted by molar-refractivity contribution is 6.34. The van der Waals surface area contributed by atoms with E-state index in [4.69, 9.17) is 16.3 Å². The Labute approximate surface area is 201 Å². The quantitative estimate of drug-likeness (QED) is 0.277. The van der Waals surface area contributed by atoms with Crippen molar-refractivity contribution in [2.45, 2.75) is 13.8 Å². The number of benzene rings is 4. The summed E-state index contributed by atoms with van der Waals surface area (Å²) in [5.74, 6) is -0.613. The summed E-state index contributed by atoms with van der Waals surface area (Å²) in [6, 6.07) is 25.5. The van der Waals surface area contributed by atoms with Crippen molar-refractivity contribution in [3.05, 3.63) is 101 Å². The van der Waals surface area contributed by atoms with Crippen LogP contribution in [0.25, 0.3) is 33.3 Å². The predicted molar refractivity (Wildman–Crippen MR) is 135 cm³/mol. The third-order valence-corrected chi connectivity index (χ3v) is 6.17. The van der Waals surface area contributed by atoms with E-state index in [2.05, 4.69) is 53.3 Å². The van der Waals surface area contributed by atoms with Gasteiger partial charge in [-0.25, -0.2) is 4.79 Å². The molecule has 0 bridgehead atoms. The van der Waals surface area contributed by atoms with E-state index >= 15 is 0 Å². The average Bonchev–Trinajstić information content (AvgIpc) is 3.21. The highest BCUT2D eigenvalue weighted by atomic mass is 35.5. The number of ether oxygens (including phenoxy) is 1. The standard InChI is InChI=1S/C28H21ClN2O3/c1-16-5-3-4-6-21(16)18-8-10-19(11-9-18)23-14-25-26(15-24(23)29)31-28(30-25)34-20-12-7-17(2)22(13-20)27(32)33/h3-15H,1-2H3,(H,30,31)(H,32,33). The van der Waals surface area contributed by atoms with Crippen molar-refractivity contribution in [2.75, 3.05) is 0 Å². The van der Waals surface area contributed by atoms with E-state index in [-0.39, 0.29) is 11.6 Å². The molecule has 168 valence electrons.